The van der Waals surface area contributed by atoms with Crippen LogP contribution >= 0.6 is 23.1 Å². The number of hydrogen-bond donors (Lipinski definition) is 0. The van der Waals surface area contributed by atoms with Crippen LogP contribution in [0.1, 0.15) is 5.82 Å². The Hall–Kier alpha value is -3.23. The molecular weight excluding hydrogens is 402 g/mol. The highest BCUT2D eigenvalue weighted by Gasteiger charge is 2.17. The first-order valence-corrected chi connectivity index (χ1v) is 10.9. The minimum Gasteiger partial charge on any atom is -0.334 e. The van der Waals surface area contributed by atoms with Gasteiger partial charge in [-0.1, -0.05) is 65.4 Å². The van der Waals surface area contributed by atoms with E-state index in [-0.39, 0.29) is 0 Å². The van der Waals surface area contributed by atoms with E-state index in [1.165, 1.54) is 11.8 Å². The maximum absolute atomic E-state index is 5.38. The second kappa shape index (κ2) is 8.02. The zero-order valence-corrected chi connectivity index (χ0v) is 16.8. The van der Waals surface area contributed by atoms with Crippen molar-refractivity contribution in [2.75, 3.05) is 0 Å². The molecule has 29 heavy (non-hydrogen) atoms. The van der Waals surface area contributed by atoms with Gasteiger partial charge >= 0.3 is 0 Å². The van der Waals surface area contributed by atoms with Crippen LogP contribution < -0.4 is 0 Å². The molecule has 0 amide bonds. The van der Waals surface area contributed by atoms with E-state index >= 15 is 0 Å². The first-order chi connectivity index (χ1) is 14.4. The van der Waals surface area contributed by atoms with Crippen molar-refractivity contribution in [2.45, 2.75) is 10.9 Å². The van der Waals surface area contributed by atoms with Crippen molar-refractivity contribution in [3.8, 4) is 28.5 Å². The molecule has 2 aromatic carbocycles. The predicted octanol–water partition coefficient (Wildman–Crippen LogP) is 5.34. The topological polar surface area (TPSA) is 69.6 Å². The molecule has 0 N–H and O–H groups in total. The maximum Gasteiger partial charge on any atom is 0.258 e. The lowest BCUT2D eigenvalue weighted by atomic mass is 10.2. The lowest BCUT2D eigenvalue weighted by Gasteiger charge is -2.09. The van der Waals surface area contributed by atoms with Crippen LogP contribution in [0.3, 0.4) is 0 Å². The van der Waals surface area contributed by atoms with Gasteiger partial charge in [0.1, 0.15) is 0 Å². The lowest BCUT2D eigenvalue weighted by molar-refractivity contribution is 0.425. The molecule has 0 radical (unpaired) electrons. The van der Waals surface area contributed by atoms with Gasteiger partial charge in [0.05, 0.1) is 11.3 Å². The van der Waals surface area contributed by atoms with Crippen molar-refractivity contribution >= 4 is 23.1 Å². The van der Waals surface area contributed by atoms with E-state index in [0.717, 1.165) is 27.8 Å². The van der Waals surface area contributed by atoms with E-state index < -0.39 is 0 Å². The van der Waals surface area contributed by atoms with Crippen LogP contribution in [0.2, 0.25) is 0 Å². The molecule has 8 heteroatoms. The maximum atomic E-state index is 5.38. The van der Waals surface area contributed by atoms with Gasteiger partial charge in [-0.2, -0.15) is 16.3 Å². The number of nitrogens with zero attached hydrogens (tertiary/aromatic N) is 5. The zero-order valence-electron chi connectivity index (χ0n) is 15.2. The summed E-state index contributed by atoms with van der Waals surface area (Å²) in [6, 6.07) is 22.1. The molecular formula is C21H15N5OS2. The van der Waals surface area contributed by atoms with Crippen LogP contribution in [0.4, 0.5) is 0 Å². The molecule has 6 nitrogen and oxygen atoms in total. The largest absolute Gasteiger partial charge is 0.334 e. The molecule has 0 spiro atoms. The Labute approximate surface area is 175 Å². The third-order valence-electron chi connectivity index (χ3n) is 4.25. The van der Waals surface area contributed by atoms with E-state index in [1.54, 1.807) is 11.3 Å². The minimum absolute atomic E-state index is 0.535. The molecule has 0 saturated heterocycles. The Kier molecular flexibility index (Phi) is 4.93. The van der Waals surface area contributed by atoms with Crippen LogP contribution in [-0.2, 0) is 5.75 Å². The number of aromatic nitrogens is 5. The third kappa shape index (κ3) is 3.72. The van der Waals surface area contributed by atoms with Crippen molar-refractivity contribution in [3.05, 3.63) is 83.3 Å². The Morgan fingerprint density at radius 1 is 0.897 bits per heavy atom. The van der Waals surface area contributed by atoms with E-state index in [9.17, 15) is 0 Å². The fraction of sp³-hybridized carbons (Fsp3) is 0.0476. The van der Waals surface area contributed by atoms with Gasteiger partial charge < -0.3 is 4.52 Å². The first-order valence-electron chi connectivity index (χ1n) is 8.93. The predicted molar refractivity (Wildman–Crippen MR) is 114 cm³/mol. The highest BCUT2D eigenvalue weighted by Crippen LogP contribution is 2.29. The fourth-order valence-electron chi connectivity index (χ4n) is 2.89. The van der Waals surface area contributed by atoms with E-state index in [2.05, 4.69) is 24.9 Å². The summed E-state index contributed by atoms with van der Waals surface area (Å²) in [4.78, 5) is 4.49. The van der Waals surface area contributed by atoms with Crippen LogP contribution in [-0.4, -0.2) is 24.9 Å². The molecule has 0 fully saturated rings. The van der Waals surface area contributed by atoms with Gasteiger partial charge in [-0.3, -0.25) is 4.57 Å². The molecule has 5 aromatic rings. The molecule has 3 aromatic heterocycles. The van der Waals surface area contributed by atoms with Gasteiger partial charge in [-0.25, -0.2) is 0 Å². The summed E-state index contributed by atoms with van der Waals surface area (Å²) in [6.45, 7) is 0. The summed E-state index contributed by atoms with van der Waals surface area (Å²) in [5, 5.41) is 17.7. The van der Waals surface area contributed by atoms with Gasteiger partial charge in [0, 0.05) is 16.6 Å². The van der Waals surface area contributed by atoms with E-state index in [1.807, 2.05) is 77.5 Å². The standard InChI is InChI=1S/C21H15N5OS2/c1-3-7-15(8-4-1)19-23-24-21(26(19)17-9-5-2-6-10-17)29-14-18-22-20(27-25-18)16-11-12-28-13-16/h1-13H,14H2. The highest BCUT2D eigenvalue weighted by atomic mass is 32.2. The SMILES string of the molecule is c1ccc(-c2nnc(SCc3noc(-c4ccsc4)n3)n2-c2ccccc2)cc1. The van der Waals surface area contributed by atoms with Crippen LogP contribution in [0.15, 0.2) is 87.2 Å². The van der Waals surface area contributed by atoms with Crippen LogP contribution in [0, 0.1) is 0 Å². The molecule has 0 saturated carbocycles. The van der Waals surface area contributed by atoms with Crippen LogP contribution in [0.5, 0.6) is 0 Å². The zero-order chi connectivity index (χ0) is 19.5. The molecule has 0 unspecified atom stereocenters. The number of rotatable bonds is 6. The second-order valence-corrected chi connectivity index (χ2v) is 7.88. The van der Waals surface area contributed by atoms with Crippen molar-refractivity contribution < 1.29 is 4.52 Å². The quantitative estimate of drug-likeness (QED) is 0.347. The van der Waals surface area contributed by atoms with E-state index in [4.69, 9.17) is 4.52 Å². The van der Waals surface area contributed by atoms with Crippen molar-refractivity contribution in [1.82, 2.24) is 24.9 Å². The number of benzene rings is 2. The number of thiophene rings is 1. The summed E-state index contributed by atoms with van der Waals surface area (Å²) < 4.78 is 7.43. The highest BCUT2D eigenvalue weighted by molar-refractivity contribution is 7.98. The molecule has 5 rings (SSSR count). The van der Waals surface area contributed by atoms with Crippen molar-refractivity contribution in [1.29, 1.82) is 0 Å². The van der Waals surface area contributed by atoms with Crippen molar-refractivity contribution in [3.63, 3.8) is 0 Å². The Morgan fingerprint density at radius 2 is 1.69 bits per heavy atom. The summed E-state index contributed by atoms with van der Waals surface area (Å²) in [5.41, 5.74) is 2.96. The summed E-state index contributed by atoms with van der Waals surface area (Å²) in [7, 11) is 0. The van der Waals surface area contributed by atoms with Gasteiger partial charge in [0.15, 0.2) is 16.8 Å². The van der Waals surface area contributed by atoms with Gasteiger partial charge in [0.25, 0.3) is 5.89 Å². The number of para-hydroxylation sites is 1. The van der Waals surface area contributed by atoms with Crippen LogP contribution in [0.25, 0.3) is 28.5 Å². The van der Waals surface area contributed by atoms with E-state index in [0.29, 0.717) is 17.5 Å². The van der Waals surface area contributed by atoms with Crippen molar-refractivity contribution in [2.24, 2.45) is 0 Å². The van der Waals surface area contributed by atoms with Gasteiger partial charge in [-0.15, -0.1) is 10.2 Å². The Bertz CT molecular complexity index is 1200. The normalized spacial score (nSPS) is 11.0. The minimum atomic E-state index is 0.535. The number of hydrogen-bond acceptors (Lipinski definition) is 7. The van der Waals surface area contributed by atoms with Gasteiger partial charge in [0.2, 0.25) is 0 Å². The smallest absolute Gasteiger partial charge is 0.258 e. The average Bonchev–Trinajstić information content (AvgIpc) is 3.54. The first kappa shape index (κ1) is 17.8. The average molecular weight is 418 g/mol. The second-order valence-electron chi connectivity index (χ2n) is 6.16. The fourth-order valence-corrected chi connectivity index (χ4v) is 4.32. The molecule has 0 atom stereocenters. The Balaban J connectivity index is 1.45. The summed E-state index contributed by atoms with van der Waals surface area (Å²) >= 11 is 3.13. The number of thioether (sulfide) groups is 1. The summed E-state index contributed by atoms with van der Waals surface area (Å²) in [5.74, 6) is 2.50. The molecule has 0 aliphatic carbocycles. The molecule has 3 heterocycles. The molecule has 0 aliphatic rings. The Morgan fingerprint density at radius 3 is 2.45 bits per heavy atom. The molecule has 0 aliphatic heterocycles. The lowest BCUT2D eigenvalue weighted by Crippen LogP contribution is -1.99. The molecule has 0 bridgehead atoms. The van der Waals surface area contributed by atoms with Gasteiger partial charge in [-0.05, 0) is 23.6 Å². The third-order valence-corrected chi connectivity index (χ3v) is 5.85. The molecule has 142 valence electrons. The monoisotopic (exact) mass is 417 g/mol. The summed E-state index contributed by atoms with van der Waals surface area (Å²) in [6.07, 6.45) is 0.